The molecule has 0 aromatic carbocycles. The molecule has 1 amide bonds. The van der Waals surface area contributed by atoms with Crippen molar-refractivity contribution in [3.63, 3.8) is 0 Å². The normalized spacial score (nSPS) is 10.6. The first kappa shape index (κ1) is 14.5. The van der Waals surface area contributed by atoms with E-state index in [1.165, 1.54) is 0 Å². The summed E-state index contributed by atoms with van der Waals surface area (Å²) in [6.07, 6.45) is 0. The molecule has 2 heterocycles. The summed E-state index contributed by atoms with van der Waals surface area (Å²) in [6.45, 7) is 4.69. The molecule has 0 fully saturated rings. The molecule has 0 saturated heterocycles. The fraction of sp³-hybridized carbons (Fsp3) is 0.333. The molecule has 0 saturated carbocycles. The Bertz CT molecular complexity index is 579. The van der Waals surface area contributed by atoms with Gasteiger partial charge < -0.3 is 10.6 Å². The molecular formula is C15H19N3OS. The van der Waals surface area contributed by atoms with Crippen LogP contribution < -0.4 is 10.6 Å². The molecule has 0 radical (unpaired) electrons. The number of amides is 1. The van der Waals surface area contributed by atoms with Crippen molar-refractivity contribution >= 4 is 23.1 Å². The highest BCUT2D eigenvalue weighted by Gasteiger charge is 2.11. The van der Waals surface area contributed by atoms with Gasteiger partial charge in [0, 0.05) is 23.2 Å². The number of hydrogen-bond acceptors (Lipinski definition) is 4. The van der Waals surface area contributed by atoms with E-state index in [1.54, 1.807) is 24.5 Å². The monoisotopic (exact) mass is 289 g/mol. The van der Waals surface area contributed by atoms with E-state index in [0.717, 1.165) is 16.4 Å². The van der Waals surface area contributed by atoms with Crippen LogP contribution in [0.15, 0.2) is 29.6 Å². The smallest absolute Gasteiger partial charge is 0.251 e. The SMILES string of the molecule is CNc1cc(C(=O)NCc2cccs2)cc(C(C)C)n1. The molecule has 2 aromatic heterocycles. The number of aromatic nitrogens is 1. The molecule has 2 rings (SSSR count). The van der Waals surface area contributed by atoms with Crippen molar-refractivity contribution in [3.8, 4) is 0 Å². The van der Waals surface area contributed by atoms with Crippen molar-refractivity contribution in [1.29, 1.82) is 0 Å². The number of nitrogens with one attached hydrogen (secondary N) is 2. The lowest BCUT2D eigenvalue weighted by Gasteiger charge is -2.11. The van der Waals surface area contributed by atoms with E-state index in [0.29, 0.717) is 12.1 Å². The summed E-state index contributed by atoms with van der Waals surface area (Å²) in [6, 6.07) is 7.62. The van der Waals surface area contributed by atoms with Crippen molar-refractivity contribution in [2.45, 2.75) is 26.3 Å². The van der Waals surface area contributed by atoms with Crippen LogP contribution in [0.2, 0.25) is 0 Å². The summed E-state index contributed by atoms with van der Waals surface area (Å²) >= 11 is 1.64. The van der Waals surface area contributed by atoms with Crippen molar-refractivity contribution in [3.05, 3.63) is 45.8 Å². The maximum atomic E-state index is 12.2. The average molecular weight is 289 g/mol. The lowest BCUT2D eigenvalue weighted by molar-refractivity contribution is 0.0951. The lowest BCUT2D eigenvalue weighted by Crippen LogP contribution is -2.23. The topological polar surface area (TPSA) is 54.0 Å². The highest BCUT2D eigenvalue weighted by atomic mass is 32.1. The summed E-state index contributed by atoms with van der Waals surface area (Å²) < 4.78 is 0. The highest BCUT2D eigenvalue weighted by molar-refractivity contribution is 7.09. The van der Waals surface area contributed by atoms with Gasteiger partial charge in [-0.3, -0.25) is 4.79 Å². The van der Waals surface area contributed by atoms with E-state index >= 15 is 0 Å². The van der Waals surface area contributed by atoms with Crippen LogP contribution in [0.25, 0.3) is 0 Å². The highest BCUT2D eigenvalue weighted by Crippen LogP contribution is 2.17. The first-order valence-electron chi connectivity index (χ1n) is 6.60. The maximum Gasteiger partial charge on any atom is 0.251 e. The molecule has 5 heteroatoms. The number of carbonyl (C=O) groups excluding carboxylic acids is 1. The zero-order valence-electron chi connectivity index (χ0n) is 11.9. The molecular weight excluding hydrogens is 270 g/mol. The number of hydrogen-bond donors (Lipinski definition) is 2. The third kappa shape index (κ3) is 3.57. The zero-order valence-corrected chi connectivity index (χ0v) is 12.8. The molecule has 2 N–H and O–H groups in total. The Hall–Kier alpha value is -1.88. The lowest BCUT2D eigenvalue weighted by atomic mass is 10.1. The van der Waals surface area contributed by atoms with Crippen molar-refractivity contribution < 1.29 is 4.79 Å². The van der Waals surface area contributed by atoms with Crippen molar-refractivity contribution in [2.75, 3.05) is 12.4 Å². The molecule has 0 aliphatic carbocycles. The number of thiophene rings is 1. The van der Waals surface area contributed by atoms with Gasteiger partial charge in [-0.15, -0.1) is 11.3 Å². The first-order chi connectivity index (χ1) is 9.60. The summed E-state index contributed by atoms with van der Waals surface area (Å²) in [4.78, 5) is 17.8. The quantitative estimate of drug-likeness (QED) is 0.888. The van der Waals surface area contributed by atoms with Gasteiger partial charge in [0.05, 0.1) is 6.54 Å². The van der Waals surface area contributed by atoms with E-state index in [9.17, 15) is 4.79 Å². The zero-order chi connectivity index (χ0) is 14.5. The second-order valence-corrected chi connectivity index (χ2v) is 5.86. The number of carbonyl (C=O) groups is 1. The molecule has 106 valence electrons. The Morgan fingerprint density at radius 1 is 1.40 bits per heavy atom. The predicted octanol–water partition coefficient (Wildman–Crippen LogP) is 3.24. The number of nitrogens with zero attached hydrogens (tertiary/aromatic N) is 1. The Morgan fingerprint density at radius 3 is 2.80 bits per heavy atom. The largest absolute Gasteiger partial charge is 0.373 e. The van der Waals surface area contributed by atoms with Gasteiger partial charge >= 0.3 is 0 Å². The molecule has 0 aliphatic rings. The molecule has 0 bridgehead atoms. The first-order valence-corrected chi connectivity index (χ1v) is 7.48. The molecule has 0 atom stereocenters. The van der Waals surface area contributed by atoms with Gasteiger partial charge in [0.1, 0.15) is 5.82 Å². The summed E-state index contributed by atoms with van der Waals surface area (Å²) in [7, 11) is 1.81. The van der Waals surface area contributed by atoms with E-state index in [1.807, 2.05) is 23.6 Å². The van der Waals surface area contributed by atoms with E-state index in [2.05, 4.69) is 29.5 Å². The van der Waals surface area contributed by atoms with Gasteiger partial charge in [-0.1, -0.05) is 19.9 Å². The van der Waals surface area contributed by atoms with Gasteiger partial charge in [0.15, 0.2) is 0 Å². The summed E-state index contributed by atoms with van der Waals surface area (Å²) in [5.41, 5.74) is 1.56. The van der Waals surface area contributed by atoms with Crippen LogP contribution in [-0.4, -0.2) is 17.9 Å². The van der Waals surface area contributed by atoms with Gasteiger partial charge in [-0.2, -0.15) is 0 Å². The Labute approximate surface area is 123 Å². The van der Waals surface area contributed by atoms with Crippen LogP contribution in [-0.2, 0) is 6.54 Å². The molecule has 4 nitrogen and oxygen atoms in total. The van der Waals surface area contributed by atoms with Gasteiger partial charge in [0.2, 0.25) is 0 Å². The van der Waals surface area contributed by atoms with Crippen LogP contribution in [0.5, 0.6) is 0 Å². The number of rotatable bonds is 5. The number of pyridine rings is 1. The standard InChI is InChI=1S/C15H19N3OS/c1-10(2)13-7-11(8-14(16-3)18-13)15(19)17-9-12-5-4-6-20-12/h4-8,10H,9H2,1-3H3,(H,16,18)(H,17,19). The van der Waals surface area contributed by atoms with E-state index < -0.39 is 0 Å². The van der Waals surface area contributed by atoms with Gasteiger partial charge in [-0.05, 0) is 29.5 Å². The predicted molar refractivity (Wildman–Crippen MR) is 83.4 cm³/mol. The molecule has 0 spiro atoms. The van der Waals surface area contributed by atoms with Crippen molar-refractivity contribution in [1.82, 2.24) is 10.3 Å². The third-order valence-electron chi connectivity index (χ3n) is 2.96. The fourth-order valence-electron chi connectivity index (χ4n) is 1.79. The van der Waals surface area contributed by atoms with E-state index in [4.69, 9.17) is 0 Å². The van der Waals surface area contributed by atoms with Crippen LogP contribution >= 0.6 is 11.3 Å². The summed E-state index contributed by atoms with van der Waals surface area (Å²) in [5, 5.41) is 7.94. The Balaban J connectivity index is 2.14. The second-order valence-electron chi connectivity index (χ2n) is 4.83. The van der Waals surface area contributed by atoms with E-state index in [-0.39, 0.29) is 11.8 Å². The Kier molecular flexibility index (Phi) is 4.74. The van der Waals surface area contributed by atoms with Crippen LogP contribution in [0, 0.1) is 0 Å². The van der Waals surface area contributed by atoms with Gasteiger partial charge in [-0.25, -0.2) is 4.98 Å². The van der Waals surface area contributed by atoms with Crippen molar-refractivity contribution in [2.24, 2.45) is 0 Å². The van der Waals surface area contributed by atoms with Crippen LogP contribution in [0.3, 0.4) is 0 Å². The second kappa shape index (κ2) is 6.52. The minimum atomic E-state index is -0.0702. The molecule has 20 heavy (non-hydrogen) atoms. The summed E-state index contributed by atoms with van der Waals surface area (Å²) in [5.74, 6) is 0.934. The molecule has 0 unspecified atom stereocenters. The third-order valence-corrected chi connectivity index (χ3v) is 3.83. The van der Waals surface area contributed by atoms with Crippen LogP contribution in [0.4, 0.5) is 5.82 Å². The fourth-order valence-corrected chi connectivity index (χ4v) is 2.43. The maximum absolute atomic E-state index is 12.2. The minimum Gasteiger partial charge on any atom is -0.373 e. The molecule has 0 aliphatic heterocycles. The van der Waals surface area contributed by atoms with Crippen LogP contribution in [0.1, 0.15) is 40.7 Å². The average Bonchev–Trinajstić information content (AvgIpc) is 2.97. The number of anilines is 1. The molecule has 2 aromatic rings. The Morgan fingerprint density at radius 2 is 2.20 bits per heavy atom. The van der Waals surface area contributed by atoms with Gasteiger partial charge in [0.25, 0.3) is 5.91 Å². The minimum absolute atomic E-state index is 0.0702.